The van der Waals surface area contributed by atoms with E-state index in [1.165, 1.54) is 0 Å². The largest absolute Gasteiger partial charge is 0.350 e. The smallest absolute Gasteiger partial charge is 0.238 e. The predicted molar refractivity (Wildman–Crippen MR) is 68.1 cm³/mol. The van der Waals surface area contributed by atoms with E-state index in [2.05, 4.69) is 26.6 Å². The van der Waals surface area contributed by atoms with Gasteiger partial charge >= 0.3 is 0 Å². The molecule has 6 heteroatoms. The van der Waals surface area contributed by atoms with E-state index in [1.54, 1.807) is 23.1 Å². The minimum Gasteiger partial charge on any atom is -0.350 e. The molecule has 15 heavy (non-hydrogen) atoms. The summed E-state index contributed by atoms with van der Waals surface area (Å²) in [7, 11) is 0. The van der Waals surface area contributed by atoms with Gasteiger partial charge in [0, 0.05) is 21.0 Å². The Morgan fingerprint density at radius 2 is 2.60 bits per heavy atom. The molecule has 0 aliphatic carbocycles. The normalized spacial score (nSPS) is 20.5. The molecule has 1 aliphatic rings. The highest BCUT2D eigenvalue weighted by molar-refractivity contribution is 9.10. The van der Waals surface area contributed by atoms with E-state index in [1.807, 2.05) is 11.4 Å². The van der Waals surface area contributed by atoms with E-state index in [4.69, 9.17) is 0 Å². The second-order valence-electron chi connectivity index (χ2n) is 3.18. The first-order valence-corrected chi connectivity index (χ1v) is 7.41. The fraction of sp³-hybridized carbons (Fsp3) is 0.444. The zero-order chi connectivity index (χ0) is 10.7. The van der Waals surface area contributed by atoms with Crippen LogP contribution in [0, 0.1) is 0 Å². The molecule has 0 bridgehead atoms. The van der Waals surface area contributed by atoms with E-state index in [0.29, 0.717) is 6.54 Å². The maximum Gasteiger partial charge on any atom is 0.238 e. The summed E-state index contributed by atoms with van der Waals surface area (Å²) in [5.74, 6) is 1.85. The van der Waals surface area contributed by atoms with Crippen LogP contribution >= 0.6 is 39.0 Å². The molecule has 0 aromatic carbocycles. The van der Waals surface area contributed by atoms with Gasteiger partial charge in [0.2, 0.25) is 5.91 Å². The Labute approximate surface area is 105 Å². The number of amides is 1. The Bertz CT molecular complexity index is 350. The summed E-state index contributed by atoms with van der Waals surface area (Å²) >= 11 is 6.84. The molecular weight excluding hydrogens is 296 g/mol. The number of rotatable bonds is 3. The van der Waals surface area contributed by atoms with Crippen LogP contribution in [0.3, 0.4) is 0 Å². The summed E-state index contributed by atoms with van der Waals surface area (Å²) in [5, 5.41) is 8.09. The summed E-state index contributed by atoms with van der Waals surface area (Å²) in [5.41, 5.74) is 0. The van der Waals surface area contributed by atoms with Gasteiger partial charge in [-0.05, 0) is 27.4 Å². The third kappa shape index (κ3) is 2.96. The maximum absolute atomic E-state index is 11.7. The van der Waals surface area contributed by atoms with Crippen LogP contribution in [0.4, 0.5) is 0 Å². The summed E-state index contributed by atoms with van der Waals surface area (Å²) in [6, 6.07) is 1.98. The molecule has 2 N–H and O–H groups in total. The summed E-state index contributed by atoms with van der Waals surface area (Å²) in [6.07, 6.45) is 0. The highest BCUT2D eigenvalue weighted by atomic mass is 79.9. The molecule has 1 saturated heterocycles. The van der Waals surface area contributed by atoms with Gasteiger partial charge in [0.05, 0.1) is 12.6 Å². The molecule has 1 atom stereocenters. The fourth-order valence-electron chi connectivity index (χ4n) is 1.31. The number of nitrogens with one attached hydrogen (secondary N) is 2. The molecule has 1 aromatic heterocycles. The lowest BCUT2D eigenvalue weighted by Crippen LogP contribution is -2.41. The number of carbonyl (C=O) groups excluding carboxylic acids is 1. The monoisotopic (exact) mass is 306 g/mol. The maximum atomic E-state index is 11.7. The molecule has 1 unspecified atom stereocenters. The molecule has 2 heterocycles. The molecule has 2 rings (SSSR count). The highest BCUT2D eigenvalue weighted by Crippen LogP contribution is 2.22. The molecule has 1 amide bonds. The Morgan fingerprint density at radius 3 is 3.20 bits per heavy atom. The molecule has 1 aromatic rings. The van der Waals surface area contributed by atoms with Gasteiger partial charge in [0.15, 0.2) is 0 Å². The predicted octanol–water partition coefficient (Wildman–Crippen LogP) is 1.79. The van der Waals surface area contributed by atoms with Crippen molar-refractivity contribution in [3.8, 4) is 0 Å². The minimum absolute atomic E-state index is 0.0197. The van der Waals surface area contributed by atoms with Crippen LogP contribution in [0.25, 0.3) is 0 Å². The summed E-state index contributed by atoms with van der Waals surface area (Å²) in [6.45, 7) is 0.611. The highest BCUT2D eigenvalue weighted by Gasteiger charge is 2.22. The van der Waals surface area contributed by atoms with Gasteiger partial charge in [0.1, 0.15) is 0 Å². The molecule has 0 radical (unpaired) electrons. The lowest BCUT2D eigenvalue weighted by Gasteiger charge is -2.09. The quantitative estimate of drug-likeness (QED) is 0.894. The van der Waals surface area contributed by atoms with Crippen LogP contribution < -0.4 is 10.6 Å². The van der Waals surface area contributed by atoms with E-state index in [9.17, 15) is 4.79 Å². The summed E-state index contributed by atoms with van der Waals surface area (Å²) < 4.78 is 1.07. The summed E-state index contributed by atoms with van der Waals surface area (Å²) in [4.78, 5) is 12.8. The average Bonchev–Trinajstić information content (AvgIpc) is 2.85. The number of carbonyl (C=O) groups is 1. The van der Waals surface area contributed by atoms with Gasteiger partial charge in [-0.25, -0.2) is 0 Å². The fourth-order valence-corrected chi connectivity index (χ4v) is 3.68. The Balaban J connectivity index is 1.83. The molecule has 0 spiro atoms. The Morgan fingerprint density at radius 1 is 1.73 bits per heavy atom. The Kier molecular flexibility index (Phi) is 4.07. The number of hydrogen-bond donors (Lipinski definition) is 2. The second-order valence-corrected chi connectivity index (χ2v) is 6.07. The molecule has 1 aliphatic heterocycles. The molecule has 1 fully saturated rings. The van der Waals surface area contributed by atoms with Gasteiger partial charge in [-0.2, -0.15) is 0 Å². The zero-order valence-corrected chi connectivity index (χ0v) is 11.2. The first-order chi connectivity index (χ1) is 7.27. The molecule has 3 nitrogen and oxygen atoms in total. The Hall–Kier alpha value is -0.0400. The van der Waals surface area contributed by atoms with E-state index < -0.39 is 0 Å². The molecule has 82 valence electrons. The van der Waals surface area contributed by atoms with E-state index in [0.717, 1.165) is 21.0 Å². The zero-order valence-electron chi connectivity index (χ0n) is 7.96. The third-order valence-corrected chi connectivity index (χ3v) is 5.01. The van der Waals surface area contributed by atoms with Crippen molar-refractivity contribution in [1.82, 2.24) is 10.6 Å². The van der Waals surface area contributed by atoms with Gasteiger partial charge in [-0.3, -0.25) is 10.1 Å². The van der Waals surface area contributed by atoms with Crippen molar-refractivity contribution in [1.29, 1.82) is 0 Å². The van der Waals surface area contributed by atoms with Crippen molar-refractivity contribution in [2.45, 2.75) is 12.6 Å². The van der Waals surface area contributed by atoms with Crippen LogP contribution in [0.5, 0.6) is 0 Å². The van der Waals surface area contributed by atoms with Crippen LogP contribution in [0.15, 0.2) is 15.9 Å². The topological polar surface area (TPSA) is 41.1 Å². The first kappa shape index (κ1) is 11.4. The van der Waals surface area contributed by atoms with Crippen molar-refractivity contribution in [2.24, 2.45) is 0 Å². The van der Waals surface area contributed by atoms with E-state index >= 15 is 0 Å². The second kappa shape index (κ2) is 5.34. The van der Waals surface area contributed by atoms with Crippen molar-refractivity contribution in [3.05, 3.63) is 20.8 Å². The minimum atomic E-state index is -0.0197. The number of thioether (sulfide) groups is 1. The van der Waals surface area contributed by atoms with E-state index in [-0.39, 0.29) is 11.9 Å². The number of halogens is 1. The van der Waals surface area contributed by atoms with Crippen LogP contribution in [0.2, 0.25) is 0 Å². The number of thiophene rings is 1. The number of hydrogen-bond acceptors (Lipinski definition) is 4. The first-order valence-electron chi connectivity index (χ1n) is 4.58. The third-order valence-electron chi connectivity index (χ3n) is 2.15. The van der Waals surface area contributed by atoms with Crippen LogP contribution in [-0.4, -0.2) is 23.6 Å². The SMILES string of the molecule is O=C(NCc1sccc1Br)C1CSCN1. The molecule has 0 saturated carbocycles. The average molecular weight is 307 g/mol. The van der Waals surface area contributed by atoms with Gasteiger partial charge < -0.3 is 5.32 Å². The lowest BCUT2D eigenvalue weighted by atomic mass is 10.3. The van der Waals surface area contributed by atoms with Crippen molar-refractivity contribution in [3.63, 3.8) is 0 Å². The van der Waals surface area contributed by atoms with Crippen LogP contribution in [0.1, 0.15) is 4.88 Å². The standard InChI is InChI=1S/C9H11BrN2OS2/c10-6-1-2-15-8(6)3-11-9(13)7-4-14-5-12-7/h1-2,7,12H,3-5H2,(H,11,13). The van der Waals surface area contributed by atoms with Gasteiger partial charge in [-0.1, -0.05) is 0 Å². The van der Waals surface area contributed by atoms with Gasteiger partial charge in [0.25, 0.3) is 0 Å². The van der Waals surface area contributed by atoms with Gasteiger partial charge in [-0.15, -0.1) is 23.1 Å². The molecular formula is C9H11BrN2OS2. The van der Waals surface area contributed by atoms with Crippen molar-refractivity contribution in [2.75, 3.05) is 11.6 Å². The van der Waals surface area contributed by atoms with Crippen molar-refractivity contribution < 1.29 is 4.79 Å². The lowest BCUT2D eigenvalue weighted by molar-refractivity contribution is -0.122. The van der Waals surface area contributed by atoms with Crippen LogP contribution in [-0.2, 0) is 11.3 Å². The van der Waals surface area contributed by atoms with Crippen molar-refractivity contribution >= 4 is 44.9 Å².